The molecule has 10 aromatic rings. The second-order valence-electron chi connectivity index (χ2n) is 12.3. The minimum absolute atomic E-state index is 0.0342. The van der Waals surface area contributed by atoms with Gasteiger partial charge in [0.25, 0.3) is 0 Å². The highest BCUT2D eigenvalue weighted by Gasteiger charge is 2.22. The maximum absolute atomic E-state index is 9.86. The first-order chi connectivity index (χ1) is 34.3. The van der Waals surface area contributed by atoms with Crippen LogP contribution in [0.15, 0.2) is 216 Å². The number of nitrogens with zero attached hydrogens (tertiary/aromatic N) is 1. The molecule has 10 rings (SSSR count). The Kier molecular flexibility index (Phi) is 4.49. The lowest BCUT2D eigenvalue weighted by atomic mass is 9.93. The SMILES string of the molecule is [2H]c1c([2H])c([2H])c(-c2c([2H])c([2H])c(N(c3c([2H])c([2H])c([2H])c(-c4c([2H])c([2H])c([2H])c([2H])c4[2H])c3[2H])c3cccc4oc5c6ccccc6c(-c6cccc(-c7ccccc7)c6)cc5c34)c([2H])c2[2H])c([2H])c1[2H]. The second kappa shape index (κ2) is 13.4. The number of benzene rings is 9. The van der Waals surface area contributed by atoms with Gasteiger partial charge in [-0.1, -0.05) is 163 Å². The Morgan fingerprint density at radius 2 is 1.04 bits per heavy atom. The summed E-state index contributed by atoms with van der Waals surface area (Å²) in [5.41, 5.74) is 0.185. The van der Waals surface area contributed by atoms with Gasteiger partial charge < -0.3 is 9.32 Å². The van der Waals surface area contributed by atoms with E-state index in [1.54, 1.807) is 12.1 Å². The van der Waals surface area contributed by atoms with E-state index >= 15 is 0 Å². The van der Waals surface area contributed by atoms with E-state index in [0.717, 1.165) is 32.5 Å². The summed E-state index contributed by atoms with van der Waals surface area (Å²) in [6, 6.07) is 16.9. The highest BCUT2D eigenvalue weighted by molar-refractivity contribution is 6.22. The van der Waals surface area contributed by atoms with Crippen molar-refractivity contribution in [3.8, 4) is 44.5 Å². The summed E-state index contributed by atoms with van der Waals surface area (Å²) in [6.45, 7) is 0. The van der Waals surface area contributed by atoms with Crippen LogP contribution in [0.5, 0.6) is 0 Å². The Bertz CT molecular complexity index is 3900. The lowest BCUT2D eigenvalue weighted by molar-refractivity contribution is 0.672. The molecule has 0 saturated heterocycles. The van der Waals surface area contributed by atoms with Crippen LogP contribution in [0, 0.1) is 0 Å². The van der Waals surface area contributed by atoms with Crippen molar-refractivity contribution < 1.29 is 29.1 Å². The van der Waals surface area contributed by atoms with Crippen molar-refractivity contribution in [1.82, 2.24) is 0 Å². The third-order valence-corrected chi connectivity index (χ3v) is 9.17. The van der Waals surface area contributed by atoms with E-state index in [1.165, 1.54) is 6.07 Å². The maximum Gasteiger partial charge on any atom is 0.143 e. The molecule has 0 N–H and O–H groups in total. The topological polar surface area (TPSA) is 16.4 Å². The second-order valence-corrected chi connectivity index (χ2v) is 12.3. The maximum atomic E-state index is 9.86. The summed E-state index contributed by atoms with van der Waals surface area (Å²) in [6.07, 6.45) is 0. The zero-order chi connectivity index (χ0) is 51.5. The lowest BCUT2D eigenvalue weighted by Crippen LogP contribution is -2.10. The number of rotatable bonds is 7. The molecule has 2 heteroatoms. The summed E-state index contributed by atoms with van der Waals surface area (Å²) < 4.78 is 167. The Balaban J connectivity index is 1.36. The van der Waals surface area contributed by atoms with Crippen LogP contribution in [-0.2, 0) is 0 Å². The van der Waals surface area contributed by atoms with Crippen LogP contribution in [0.1, 0.15) is 24.7 Å². The van der Waals surface area contributed by atoms with Crippen LogP contribution in [0.2, 0.25) is 0 Å². The predicted octanol–water partition coefficient (Wildman–Crippen LogP) is 14.9. The van der Waals surface area contributed by atoms with E-state index in [2.05, 4.69) is 0 Å². The van der Waals surface area contributed by atoms with E-state index in [0.29, 0.717) is 16.4 Å². The van der Waals surface area contributed by atoms with E-state index in [1.807, 2.05) is 84.9 Å². The Labute approximate surface area is 340 Å². The molecule has 0 aliphatic carbocycles. The summed E-state index contributed by atoms with van der Waals surface area (Å²) in [7, 11) is 0. The first kappa shape index (κ1) is 18.1. The largest absolute Gasteiger partial charge is 0.455 e. The van der Waals surface area contributed by atoms with Crippen molar-refractivity contribution in [2.45, 2.75) is 0 Å². The van der Waals surface area contributed by atoms with Crippen molar-refractivity contribution in [2.24, 2.45) is 0 Å². The molecule has 0 aliphatic rings. The van der Waals surface area contributed by atoms with Crippen LogP contribution in [0.4, 0.5) is 17.1 Å². The third kappa shape index (κ3) is 5.62. The molecular formula is C52H35NO. The average Bonchev–Trinajstić information content (AvgIpc) is 3.78. The molecule has 1 aromatic heterocycles. The van der Waals surface area contributed by atoms with Crippen LogP contribution in [0.25, 0.3) is 77.2 Å². The van der Waals surface area contributed by atoms with Gasteiger partial charge >= 0.3 is 0 Å². The van der Waals surface area contributed by atoms with Crippen LogP contribution < -0.4 is 4.90 Å². The first-order valence-corrected chi connectivity index (χ1v) is 17.0. The number of hydrogen-bond acceptors (Lipinski definition) is 2. The van der Waals surface area contributed by atoms with Gasteiger partial charge in [0.05, 0.1) is 35.7 Å². The molecule has 0 unspecified atom stereocenters. The molecule has 0 aliphatic heterocycles. The predicted molar refractivity (Wildman–Crippen MR) is 228 cm³/mol. The van der Waals surface area contributed by atoms with E-state index in [-0.39, 0.29) is 16.7 Å². The van der Waals surface area contributed by atoms with Gasteiger partial charge in [-0.2, -0.15) is 0 Å². The summed E-state index contributed by atoms with van der Waals surface area (Å²) in [4.78, 5) is 1.02. The summed E-state index contributed by atoms with van der Waals surface area (Å²) in [5, 5.41) is 2.19. The molecule has 9 aromatic carbocycles. The number of fused-ring (bicyclic) bond motifs is 5. The van der Waals surface area contributed by atoms with Crippen LogP contribution in [0.3, 0.4) is 0 Å². The molecule has 2 nitrogen and oxygen atoms in total. The molecule has 254 valence electrons. The van der Waals surface area contributed by atoms with Crippen LogP contribution >= 0.6 is 0 Å². The van der Waals surface area contributed by atoms with Gasteiger partial charge in [0.1, 0.15) is 11.2 Å². The summed E-state index contributed by atoms with van der Waals surface area (Å²) >= 11 is 0. The molecule has 0 saturated carbocycles. The minimum atomic E-state index is -0.880. The van der Waals surface area contributed by atoms with Gasteiger partial charge in [-0.15, -0.1) is 0 Å². The monoisotopic (exact) mass is 707 g/mol. The van der Waals surface area contributed by atoms with Gasteiger partial charge in [0, 0.05) is 22.1 Å². The van der Waals surface area contributed by atoms with Crippen molar-refractivity contribution in [1.29, 1.82) is 0 Å². The normalized spacial score (nSPS) is 16.0. The standard InChI is InChI=1S/C52H35NO/c1-4-15-36(16-5-1)39-29-31-43(32-30-39)53(44-24-13-22-41(34-44)38-19-8-3-9-20-38)49-27-14-28-50-51(49)48-35-47(45-25-10-11-26-46(45)52(48)54-50)42-23-12-21-40(33-42)37-17-6-2-7-18-37/h1-35H/i1D,3D,4D,5D,8D,9D,13D,15D,16D,19D,20D,22D,24D,29D,30D,31D,32D,34D. The Morgan fingerprint density at radius 1 is 0.407 bits per heavy atom. The van der Waals surface area contributed by atoms with Crippen LogP contribution in [-0.4, -0.2) is 0 Å². The fraction of sp³-hybridized carbons (Fsp3) is 0. The van der Waals surface area contributed by atoms with Crippen molar-refractivity contribution >= 4 is 49.8 Å². The Hall–Kier alpha value is -7.16. The molecule has 0 amide bonds. The van der Waals surface area contributed by atoms with E-state index in [9.17, 15) is 8.22 Å². The van der Waals surface area contributed by atoms with Gasteiger partial charge in [-0.25, -0.2) is 0 Å². The molecule has 0 spiro atoms. The highest BCUT2D eigenvalue weighted by Crippen LogP contribution is 2.47. The van der Waals surface area contributed by atoms with Crippen molar-refractivity contribution in [2.75, 3.05) is 4.90 Å². The molecule has 0 atom stereocenters. The molecule has 0 bridgehead atoms. The lowest BCUT2D eigenvalue weighted by Gasteiger charge is -2.27. The van der Waals surface area contributed by atoms with E-state index in [4.69, 9.17) is 20.9 Å². The molecule has 0 fully saturated rings. The highest BCUT2D eigenvalue weighted by atomic mass is 16.3. The minimum Gasteiger partial charge on any atom is -0.455 e. The molecule has 1 heterocycles. The van der Waals surface area contributed by atoms with Gasteiger partial charge in [0.2, 0.25) is 0 Å². The molecular weight excluding hydrogens is 655 g/mol. The zero-order valence-corrected chi connectivity index (χ0v) is 28.2. The smallest absolute Gasteiger partial charge is 0.143 e. The van der Waals surface area contributed by atoms with Crippen molar-refractivity contribution in [3.05, 3.63) is 212 Å². The fourth-order valence-corrected chi connectivity index (χ4v) is 6.77. The number of anilines is 3. The van der Waals surface area contributed by atoms with E-state index < -0.39 is 142 Å². The van der Waals surface area contributed by atoms with Crippen molar-refractivity contribution in [3.63, 3.8) is 0 Å². The van der Waals surface area contributed by atoms with Gasteiger partial charge in [0.15, 0.2) is 0 Å². The number of hydrogen-bond donors (Lipinski definition) is 0. The summed E-state index contributed by atoms with van der Waals surface area (Å²) in [5.74, 6) is 0. The third-order valence-electron chi connectivity index (χ3n) is 9.17. The zero-order valence-electron chi connectivity index (χ0n) is 46.2. The van der Waals surface area contributed by atoms with Gasteiger partial charge in [-0.3, -0.25) is 0 Å². The quantitative estimate of drug-likeness (QED) is 0.164. The first-order valence-electron chi connectivity index (χ1n) is 26.0. The number of furan rings is 1. The molecule has 54 heavy (non-hydrogen) atoms. The molecule has 0 radical (unpaired) electrons. The average molecular weight is 708 g/mol. The Morgan fingerprint density at radius 3 is 1.81 bits per heavy atom. The van der Waals surface area contributed by atoms with Gasteiger partial charge in [-0.05, 0) is 98.3 Å². The fourth-order valence-electron chi connectivity index (χ4n) is 6.77.